The molecule has 0 spiro atoms. The van der Waals surface area contributed by atoms with Crippen LogP contribution < -0.4 is 4.73 Å². The Labute approximate surface area is 71.6 Å². The molecule has 68 valence electrons. The molecule has 4 heteroatoms. The third-order valence-corrected chi connectivity index (χ3v) is 2.09. The van der Waals surface area contributed by atoms with Crippen molar-refractivity contribution in [2.24, 2.45) is 0 Å². The monoisotopic (exact) mass is 170 g/mol. The summed E-state index contributed by atoms with van der Waals surface area (Å²) in [5, 5.41) is 20.9. The molecule has 12 heavy (non-hydrogen) atoms. The Balaban J connectivity index is 3.38. The van der Waals surface area contributed by atoms with Crippen molar-refractivity contribution in [3.05, 3.63) is 22.4 Å². The third kappa shape index (κ3) is 1.03. The fourth-order valence-corrected chi connectivity index (χ4v) is 1.21. The number of nitrogens with zero attached hydrogens (tertiary/aromatic N) is 2. The minimum atomic E-state index is 0.0277. The summed E-state index contributed by atoms with van der Waals surface area (Å²) in [6, 6.07) is 0. The first-order chi connectivity index (χ1) is 5.46. The first-order valence-electron chi connectivity index (χ1n) is 3.97. The van der Waals surface area contributed by atoms with E-state index >= 15 is 0 Å². The predicted molar refractivity (Wildman–Crippen MR) is 44.1 cm³/mol. The standard InChI is InChI=1S/C8H14N2O2/c1-5(2)8-9(11)6(3)7(4)10(8)12/h5,11H,1-4H3. The highest BCUT2D eigenvalue weighted by molar-refractivity contribution is 5.07. The highest BCUT2D eigenvalue weighted by atomic mass is 16.5. The molecule has 0 aromatic carbocycles. The lowest BCUT2D eigenvalue weighted by Crippen LogP contribution is -2.34. The summed E-state index contributed by atoms with van der Waals surface area (Å²) in [6.07, 6.45) is 0. The summed E-state index contributed by atoms with van der Waals surface area (Å²) < 4.78 is 1.74. The predicted octanol–water partition coefficient (Wildman–Crippen LogP) is 1.10. The van der Waals surface area contributed by atoms with Gasteiger partial charge in [-0.25, -0.2) is 4.73 Å². The molecule has 1 N–H and O–H groups in total. The van der Waals surface area contributed by atoms with E-state index in [1.165, 1.54) is 0 Å². The molecule has 0 aliphatic rings. The molecule has 0 radical (unpaired) electrons. The fraction of sp³-hybridized carbons (Fsp3) is 0.625. The number of hydrogen-bond donors (Lipinski definition) is 1. The molecule has 4 nitrogen and oxygen atoms in total. The molecule has 0 saturated heterocycles. The summed E-state index contributed by atoms with van der Waals surface area (Å²) in [5.41, 5.74) is 1.16. The number of hydrogen-bond acceptors (Lipinski definition) is 2. The molecule has 0 aliphatic carbocycles. The van der Waals surface area contributed by atoms with E-state index in [1.54, 1.807) is 13.8 Å². The van der Waals surface area contributed by atoms with Gasteiger partial charge in [0.2, 0.25) is 0 Å². The van der Waals surface area contributed by atoms with Gasteiger partial charge in [0.1, 0.15) is 5.69 Å². The first-order valence-corrected chi connectivity index (χ1v) is 3.97. The first kappa shape index (κ1) is 8.90. The molecule has 0 unspecified atom stereocenters. The van der Waals surface area contributed by atoms with Crippen molar-refractivity contribution in [1.29, 1.82) is 0 Å². The van der Waals surface area contributed by atoms with Crippen LogP contribution in [0.25, 0.3) is 0 Å². The second kappa shape index (κ2) is 2.69. The Morgan fingerprint density at radius 2 is 1.92 bits per heavy atom. The van der Waals surface area contributed by atoms with Crippen LogP contribution in [0, 0.1) is 19.1 Å². The van der Waals surface area contributed by atoms with E-state index < -0.39 is 0 Å². The van der Waals surface area contributed by atoms with Crippen molar-refractivity contribution >= 4 is 0 Å². The number of aromatic nitrogens is 2. The molecule has 0 bridgehead atoms. The second-order valence-electron chi connectivity index (χ2n) is 3.29. The molecule has 1 heterocycles. The van der Waals surface area contributed by atoms with Crippen LogP contribution in [0.3, 0.4) is 0 Å². The zero-order chi connectivity index (χ0) is 9.46. The largest absolute Gasteiger partial charge is 0.710 e. The average Bonchev–Trinajstić information content (AvgIpc) is 2.16. The molecule has 1 aromatic heterocycles. The van der Waals surface area contributed by atoms with E-state index in [0.717, 1.165) is 9.46 Å². The molecule has 0 atom stereocenters. The van der Waals surface area contributed by atoms with Gasteiger partial charge in [-0.1, -0.05) is 13.8 Å². The Hall–Kier alpha value is -1.19. The molecule has 0 saturated carbocycles. The summed E-state index contributed by atoms with van der Waals surface area (Å²) in [4.78, 5) is 0. The summed E-state index contributed by atoms with van der Waals surface area (Å²) >= 11 is 0. The normalized spacial score (nSPS) is 11.1. The van der Waals surface area contributed by atoms with Gasteiger partial charge in [-0.2, -0.15) is 0 Å². The fourth-order valence-electron chi connectivity index (χ4n) is 1.21. The minimum Gasteiger partial charge on any atom is -0.710 e. The van der Waals surface area contributed by atoms with Gasteiger partial charge in [-0.15, -0.1) is 0 Å². The lowest BCUT2D eigenvalue weighted by molar-refractivity contribution is -0.623. The molecule has 1 rings (SSSR count). The Kier molecular flexibility index (Phi) is 2.00. The van der Waals surface area contributed by atoms with Crippen LogP contribution in [0.1, 0.15) is 37.0 Å². The maximum absolute atomic E-state index is 11.4. The highest BCUT2D eigenvalue weighted by Crippen LogP contribution is 2.13. The van der Waals surface area contributed by atoms with Gasteiger partial charge in [-0.3, -0.25) is 0 Å². The third-order valence-electron chi connectivity index (χ3n) is 2.09. The molecular formula is C8H14N2O2. The van der Waals surface area contributed by atoms with Crippen molar-refractivity contribution in [2.75, 3.05) is 0 Å². The summed E-state index contributed by atoms with van der Waals surface area (Å²) in [7, 11) is 0. The van der Waals surface area contributed by atoms with Gasteiger partial charge >= 0.3 is 5.82 Å². The van der Waals surface area contributed by atoms with Crippen LogP contribution in [0.5, 0.6) is 0 Å². The summed E-state index contributed by atoms with van der Waals surface area (Å²) in [5.74, 6) is 0.421. The van der Waals surface area contributed by atoms with Crippen LogP contribution in [0.15, 0.2) is 0 Å². The smallest absolute Gasteiger partial charge is 0.302 e. The van der Waals surface area contributed by atoms with Gasteiger partial charge in [0.05, 0.1) is 5.92 Å². The maximum Gasteiger partial charge on any atom is 0.302 e. The molecule has 0 amide bonds. The maximum atomic E-state index is 11.4. The zero-order valence-corrected chi connectivity index (χ0v) is 7.83. The topological polar surface area (TPSA) is 52.1 Å². The van der Waals surface area contributed by atoms with Crippen molar-refractivity contribution in [2.45, 2.75) is 33.6 Å². The molecule has 1 aromatic rings. The zero-order valence-electron chi connectivity index (χ0n) is 7.83. The van der Waals surface area contributed by atoms with Crippen LogP contribution in [-0.2, 0) is 0 Å². The van der Waals surface area contributed by atoms with E-state index in [2.05, 4.69) is 0 Å². The van der Waals surface area contributed by atoms with Crippen molar-refractivity contribution in [3.63, 3.8) is 0 Å². The van der Waals surface area contributed by atoms with E-state index in [-0.39, 0.29) is 5.92 Å². The molecule has 0 aliphatic heterocycles. The lowest BCUT2D eigenvalue weighted by atomic mass is 10.2. The van der Waals surface area contributed by atoms with Crippen molar-refractivity contribution in [3.8, 4) is 0 Å². The molecular weight excluding hydrogens is 156 g/mol. The Morgan fingerprint density at radius 3 is 2.08 bits per heavy atom. The van der Waals surface area contributed by atoms with E-state index in [1.807, 2.05) is 13.8 Å². The highest BCUT2D eigenvalue weighted by Gasteiger charge is 2.24. The summed E-state index contributed by atoms with van der Waals surface area (Å²) in [6.45, 7) is 7.15. The van der Waals surface area contributed by atoms with Gasteiger partial charge in [0, 0.05) is 13.8 Å². The van der Waals surface area contributed by atoms with Gasteiger partial charge < -0.3 is 10.4 Å². The van der Waals surface area contributed by atoms with E-state index in [9.17, 15) is 10.4 Å². The van der Waals surface area contributed by atoms with Crippen molar-refractivity contribution in [1.82, 2.24) is 4.73 Å². The number of imidazole rings is 1. The SMILES string of the molecule is Cc1c(C)[n+]([O-])c(C(C)C)n1O. The quantitative estimate of drug-likeness (QED) is 0.390. The molecule has 0 fully saturated rings. The Morgan fingerprint density at radius 1 is 1.42 bits per heavy atom. The lowest BCUT2D eigenvalue weighted by Gasteiger charge is -2.05. The second-order valence-corrected chi connectivity index (χ2v) is 3.29. The van der Waals surface area contributed by atoms with Gasteiger partial charge in [0.25, 0.3) is 0 Å². The van der Waals surface area contributed by atoms with Crippen LogP contribution in [0.2, 0.25) is 0 Å². The van der Waals surface area contributed by atoms with E-state index in [4.69, 9.17) is 0 Å². The van der Waals surface area contributed by atoms with Crippen LogP contribution in [0.4, 0.5) is 0 Å². The van der Waals surface area contributed by atoms with Gasteiger partial charge in [0.15, 0.2) is 5.69 Å². The van der Waals surface area contributed by atoms with Crippen LogP contribution in [-0.4, -0.2) is 9.94 Å². The van der Waals surface area contributed by atoms with Crippen molar-refractivity contribution < 1.29 is 9.94 Å². The van der Waals surface area contributed by atoms with Gasteiger partial charge in [-0.05, 0) is 4.73 Å². The Bertz CT molecular complexity index is 277. The van der Waals surface area contributed by atoms with Crippen LogP contribution >= 0.6 is 0 Å². The number of rotatable bonds is 1. The average molecular weight is 170 g/mol. The minimum absolute atomic E-state index is 0.0277. The van der Waals surface area contributed by atoms with E-state index in [0.29, 0.717) is 17.2 Å².